The lowest BCUT2D eigenvalue weighted by Crippen LogP contribution is -2.52. The number of halogens is 6. The Morgan fingerprint density at radius 2 is 1.87 bits per heavy atom. The normalized spacial score (nSPS) is 16.4. The number of carbonyl (C=O) groups is 2. The van der Waals surface area contributed by atoms with E-state index in [4.69, 9.17) is 17.3 Å². The molecule has 2 aromatic carbocycles. The van der Waals surface area contributed by atoms with Crippen LogP contribution in [0.2, 0.25) is 5.02 Å². The van der Waals surface area contributed by atoms with Crippen LogP contribution in [0.3, 0.4) is 0 Å². The van der Waals surface area contributed by atoms with Crippen LogP contribution in [0.4, 0.5) is 33.3 Å². The van der Waals surface area contributed by atoms with Gasteiger partial charge < -0.3 is 21.3 Å². The zero-order valence-electron chi connectivity index (χ0n) is 20.7. The lowest BCUT2D eigenvalue weighted by molar-refractivity contribution is -0.139. The molecule has 4 N–H and O–H groups in total. The molecule has 0 unspecified atom stereocenters. The van der Waals surface area contributed by atoms with E-state index >= 15 is 0 Å². The summed E-state index contributed by atoms with van der Waals surface area (Å²) in [6, 6.07) is 6.76. The van der Waals surface area contributed by atoms with E-state index in [0.29, 0.717) is 30.3 Å². The van der Waals surface area contributed by atoms with Gasteiger partial charge in [0.25, 0.3) is 5.91 Å². The van der Waals surface area contributed by atoms with Crippen LogP contribution in [0.1, 0.15) is 35.7 Å². The van der Waals surface area contributed by atoms with Crippen LogP contribution in [0.5, 0.6) is 0 Å². The highest BCUT2D eigenvalue weighted by Gasteiger charge is 2.31. The smallest absolute Gasteiger partial charge is 0.367 e. The molecule has 13 heteroatoms. The van der Waals surface area contributed by atoms with Crippen molar-refractivity contribution in [3.05, 3.63) is 58.1 Å². The summed E-state index contributed by atoms with van der Waals surface area (Å²) in [7, 11) is 0. The number of hydrogen-bond donors (Lipinski definition) is 3. The molecule has 0 radical (unpaired) electrons. The number of hydrogen-bond acceptors (Lipinski definition) is 5. The number of piperazine rings is 1. The molecule has 1 fully saturated rings. The van der Waals surface area contributed by atoms with Crippen molar-refractivity contribution in [2.24, 2.45) is 5.73 Å². The average molecular weight is 562 g/mol. The number of rotatable bonds is 9. The molecule has 0 bridgehead atoms. The van der Waals surface area contributed by atoms with E-state index in [1.807, 2.05) is 11.8 Å². The summed E-state index contributed by atoms with van der Waals surface area (Å²) in [6.07, 6.45) is -5.11. The second kappa shape index (κ2) is 12.7. The summed E-state index contributed by atoms with van der Waals surface area (Å²) in [5.74, 6) is -3.94. The van der Waals surface area contributed by atoms with E-state index < -0.39 is 41.6 Å². The van der Waals surface area contributed by atoms with Gasteiger partial charge in [-0.2, -0.15) is 13.2 Å². The summed E-state index contributed by atoms with van der Waals surface area (Å²) in [5, 5.41) is 5.37. The third-order valence-electron chi connectivity index (χ3n) is 6.25. The highest BCUT2D eigenvalue weighted by molar-refractivity contribution is 6.31. The average Bonchev–Trinajstić information content (AvgIpc) is 2.84. The third kappa shape index (κ3) is 7.78. The van der Waals surface area contributed by atoms with Crippen molar-refractivity contribution < 1.29 is 31.5 Å². The van der Waals surface area contributed by atoms with E-state index in [1.165, 1.54) is 18.2 Å². The first-order valence-electron chi connectivity index (χ1n) is 12.0. The van der Waals surface area contributed by atoms with Crippen molar-refractivity contribution in [2.45, 2.75) is 38.5 Å². The van der Waals surface area contributed by atoms with Gasteiger partial charge in [-0.15, -0.1) is 0 Å². The molecule has 0 aromatic heterocycles. The standard InChI is InChI=1S/C25H29ClF5N5O2/c1-15-14-36(11-10-35(15)9-7-25(29,30)31)20-12-17(26)3-5-19(20)34-24(38)18-4-2-16(22(27)23(18)28)13-33-21(37)6-8-32/h2-5,12,15H,6-11,13-14,32H2,1H3,(H,33,37)(H,34,38)/t15-/m1/s1. The zero-order chi connectivity index (χ0) is 28.0. The number of nitrogens with zero attached hydrogens (tertiary/aromatic N) is 2. The van der Waals surface area contributed by atoms with Crippen LogP contribution >= 0.6 is 11.6 Å². The van der Waals surface area contributed by atoms with Gasteiger partial charge in [-0.3, -0.25) is 14.5 Å². The summed E-state index contributed by atoms with van der Waals surface area (Å²) in [6.45, 7) is 2.64. The monoisotopic (exact) mass is 561 g/mol. The number of carbonyl (C=O) groups excluding carboxylic acids is 2. The summed E-state index contributed by atoms with van der Waals surface area (Å²) in [4.78, 5) is 28.1. The predicted octanol–water partition coefficient (Wildman–Crippen LogP) is 4.30. The maximum absolute atomic E-state index is 14.8. The fraction of sp³-hybridized carbons (Fsp3) is 0.440. The van der Waals surface area contributed by atoms with Crippen LogP contribution in [0.25, 0.3) is 0 Å². The molecule has 2 amide bonds. The van der Waals surface area contributed by atoms with E-state index in [1.54, 1.807) is 11.0 Å². The minimum atomic E-state index is -4.24. The maximum Gasteiger partial charge on any atom is 0.390 e. The van der Waals surface area contributed by atoms with Crippen molar-refractivity contribution >= 4 is 34.8 Å². The largest absolute Gasteiger partial charge is 0.390 e. The molecule has 0 saturated carbocycles. The second-order valence-corrected chi connectivity index (χ2v) is 9.46. The van der Waals surface area contributed by atoms with Crippen LogP contribution in [-0.2, 0) is 11.3 Å². The third-order valence-corrected chi connectivity index (χ3v) is 6.49. The summed E-state index contributed by atoms with van der Waals surface area (Å²) >= 11 is 6.17. The van der Waals surface area contributed by atoms with Crippen molar-refractivity contribution in [2.75, 3.05) is 42.9 Å². The lowest BCUT2D eigenvalue weighted by Gasteiger charge is -2.41. The van der Waals surface area contributed by atoms with Crippen LogP contribution < -0.4 is 21.3 Å². The predicted molar refractivity (Wildman–Crippen MR) is 135 cm³/mol. The number of benzene rings is 2. The first-order valence-corrected chi connectivity index (χ1v) is 12.4. The van der Waals surface area contributed by atoms with Gasteiger partial charge in [-0.1, -0.05) is 17.7 Å². The van der Waals surface area contributed by atoms with Crippen molar-refractivity contribution in [1.29, 1.82) is 0 Å². The van der Waals surface area contributed by atoms with Gasteiger partial charge in [-0.05, 0) is 31.2 Å². The number of nitrogens with one attached hydrogen (secondary N) is 2. The molecule has 1 saturated heterocycles. The fourth-order valence-electron chi connectivity index (χ4n) is 4.19. The van der Waals surface area contributed by atoms with E-state index in [9.17, 15) is 31.5 Å². The molecule has 1 aliphatic rings. The minimum Gasteiger partial charge on any atom is -0.367 e. The Morgan fingerprint density at radius 3 is 2.53 bits per heavy atom. The van der Waals surface area contributed by atoms with Crippen molar-refractivity contribution in [3.8, 4) is 0 Å². The van der Waals surface area contributed by atoms with Gasteiger partial charge in [0.2, 0.25) is 5.91 Å². The Kier molecular flexibility index (Phi) is 9.91. The minimum absolute atomic E-state index is 0.0371. The highest BCUT2D eigenvalue weighted by atomic mass is 35.5. The molecule has 0 spiro atoms. The van der Waals surface area contributed by atoms with E-state index in [0.717, 1.165) is 6.07 Å². The fourth-order valence-corrected chi connectivity index (χ4v) is 4.36. The van der Waals surface area contributed by atoms with Crippen molar-refractivity contribution in [1.82, 2.24) is 10.2 Å². The number of nitrogens with two attached hydrogens (primary N) is 1. The number of anilines is 2. The molecule has 7 nitrogen and oxygen atoms in total. The zero-order valence-corrected chi connectivity index (χ0v) is 21.4. The van der Waals surface area contributed by atoms with Gasteiger partial charge in [-0.25, -0.2) is 8.78 Å². The first-order chi connectivity index (χ1) is 17.9. The summed E-state index contributed by atoms with van der Waals surface area (Å²) in [5.41, 5.74) is 5.41. The Morgan fingerprint density at radius 1 is 1.13 bits per heavy atom. The molecule has 208 valence electrons. The second-order valence-electron chi connectivity index (χ2n) is 9.03. The van der Waals surface area contributed by atoms with Gasteiger partial charge in [0, 0.05) is 62.3 Å². The molecule has 38 heavy (non-hydrogen) atoms. The number of amides is 2. The van der Waals surface area contributed by atoms with E-state index in [2.05, 4.69) is 10.6 Å². The topological polar surface area (TPSA) is 90.7 Å². The molecule has 3 rings (SSSR count). The quantitative estimate of drug-likeness (QED) is 0.397. The molecule has 1 aliphatic heterocycles. The Bertz CT molecular complexity index is 1160. The first kappa shape index (κ1) is 29.6. The van der Waals surface area contributed by atoms with Crippen molar-refractivity contribution in [3.63, 3.8) is 0 Å². The maximum atomic E-state index is 14.8. The molecule has 0 aliphatic carbocycles. The number of alkyl halides is 3. The Labute approximate surface area is 222 Å². The molecule has 1 heterocycles. The van der Waals surface area contributed by atoms with Gasteiger partial charge in [0.1, 0.15) is 0 Å². The Hall–Kier alpha value is -2.96. The molecular formula is C25H29ClF5N5O2. The van der Waals surface area contributed by atoms with Crippen LogP contribution in [-0.4, -0.2) is 61.7 Å². The summed E-state index contributed by atoms with van der Waals surface area (Å²) < 4.78 is 67.3. The molecule has 1 atom stereocenters. The van der Waals surface area contributed by atoms with Gasteiger partial charge in [0.05, 0.1) is 23.4 Å². The Balaban J connectivity index is 1.73. The molecular weight excluding hydrogens is 533 g/mol. The lowest BCUT2D eigenvalue weighted by atomic mass is 10.1. The van der Waals surface area contributed by atoms with Crippen LogP contribution in [0, 0.1) is 11.6 Å². The highest BCUT2D eigenvalue weighted by Crippen LogP contribution is 2.32. The molecule has 2 aromatic rings. The van der Waals surface area contributed by atoms with E-state index in [-0.39, 0.29) is 43.3 Å². The van der Waals surface area contributed by atoms with Crippen LogP contribution in [0.15, 0.2) is 30.3 Å². The SMILES string of the molecule is C[C@@H]1CN(c2cc(Cl)ccc2NC(=O)c2ccc(CNC(=O)CCN)c(F)c2F)CCN1CCC(F)(F)F. The van der Waals surface area contributed by atoms with Gasteiger partial charge in [0.15, 0.2) is 11.6 Å². The van der Waals surface area contributed by atoms with Gasteiger partial charge >= 0.3 is 6.18 Å².